The molecule has 0 spiro atoms. The zero-order valence-electron chi connectivity index (χ0n) is 11.1. The number of non-ortho nitro benzene ring substituents is 1. The number of halogens is 1. The maximum Gasteiger partial charge on any atom is 0.270 e. The van der Waals surface area contributed by atoms with Crippen LogP contribution in [0.25, 0.3) is 10.1 Å². The normalized spacial score (nSPS) is 10.6. The van der Waals surface area contributed by atoms with E-state index in [1.54, 1.807) is 24.3 Å². The van der Waals surface area contributed by atoms with E-state index < -0.39 is 4.92 Å². The van der Waals surface area contributed by atoms with Gasteiger partial charge < -0.3 is 5.32 Å². The summed E-state index contributed by atoms with van der Waals surface area (Å²) >= 11 is 4.64. The number of nitro benzene ring substituents is 1. The van der Waals surface area contributed by atoms with Crippen LogP contribution in [-0.4, -0.2) is 10.8 Å². The number of thiophene rings is 1. The Morgan fingerprint density at radius 1 is 1.14 bits per heavy atom. The fraction of sp³-hybridized carbons (Fsp3) is 0. The van der Waals surface area contributed by atoms with Crippen molar-refractivity contribution in [2.24, 2.45) is 0 Å². The van der Waals surface area contributed by atoms with Crippen molar-refractivity contribution in [3.8, 4) is 0 Å². The number of benzene rings is 2. The first-order valence-corrected chi connectivity index (χ1v) is 7.89. The Labute approximate surface area is 137 Å². The van der Waals surface area contributed by atoms with Gasteiger partial charge in [-0.2, -0.15) is 0 Å². The van der Waals surface area contributed by atoms with Gasteiger partial charge in [0, 0.05) is 32.4 Å². The Kier molecular flexibility index (Phi) is 3.91. The molecule has 0 saturated carbocycles. The van der Waals surface area contributed by atoms with Crippen molar-refractivity contribution >= 4 is 54.6 Å². The van der Waals surface area contributed by atoms with E-state index in [2.05, 4.69) is 21.2 Å². The molecule has 0 atom stereocenters. The second-order valence-corrected chi connectivity index (χ2v) is 6.55. The minimum absolute atomic E-state index is 0.0187. The van der Waals surface area contributed by atoms with Crippen LogP contribution >= 0.6 is 27.3 Å². The molecule has 2 aromatic carbocycles. The van der Waals surface area contributed by atoms with Crippen LogP contribution in [0, 0.1) is 10.1 Å². The third-order valence-electron chi connectivity index (χ3n) is 3.04. The van der Waals surface area contributed by atoms with Gasteiger partial charge in [-0.05, 0) is 36.4 Å². The number of nitrogens with one attached hydrogen (secondary N) is 1. The summed E-state index contributed by atoms with van der Waals surface area (Å²) in [5, 5.41) is 14.3. The average Bonchev–Trinajstić information content (AvgIpc) is 2.92. The maximum atomic E-state index is 12.2. The van der Waals surface area contributed by atoms with Crippen molar-refractivity contribution in [1.82, 2.24) is 0 Å². The highest BCUT2D eigenvalue weighted by Crippen LogP contribution is 2.29. The molecule has 3 aromatic rings. The maximum absolute atomic E-state index is 12.2. The number of nitrogens with zero attached hydrogens (tertiary/aromatic N) is 1. The average molecular weight is 377 g/mol. The quantitative estimate of drug-likeness (QED) is 0.525. The number of hydrogen-bond donors (Lipinski definition) is 1. The Morgan fingerprint density at radius 2 is 1.86 bits per heavy atom. The van der Waals surface area contributed by atoms with E-state index in [9.17, 15) is 14.9 Å². The van der Waals surface area contributed by atoms with Gasteiger partial charge in [-0.15, -0.1) is 11.3 Å². The molecule has 0 aliphatic heterocycles. The number of nitro groups is 1. The third-order valence-corrected chi connectivity index (χ3v) is 4.68. The summed E-state index contributed by atoms with van der Waals surface area (Å²) in [4.78, 5) is 23.1. The molecule has 22 heavy (non-hydrogen) atoms. The first kappa shape index (κ1) is 14.7. The monoisotopic (exact) mass is 376 g/mol. The summed E-state index contributed by atoms with van der Waals surface area (Å²) in [7, 11) is 0. The first-order valence-electron chi connectivity index (χ1n) is 6.28. The second kappa shape index (κ2) is 5.86. The van der Waals surface area contributed by atoms with Gasteiger partial charge in [0.05, 0.1) is 9.80 Å². The fourth-order valence-corrected chi connectivity index (χ4v) is 3.18. The van der Waals surface area contributed by atoms with Crippen molar-refractivity contribution in [2.75, 3.05) is 5.32 Å². The van der Waals surface area contributed by atoms with Crippen molar-refractivity contribution < 1.29 is 9.72 Å². The van der Waals surface area contributed by atoms with Crippen LogP contribution in [0.15, 0.2) is 53.0 Å². The number of fused-ring (bicyclic) bond motifs is 1. The fourth-order valence-electron chi connectivity index (χ4n) is 1.98. The molecular weight excluding hydrogens is 368 g/mol. The smallest absolute Gasteiger partial charge is 0.270 e. The van der Waals surface area contributed by atoms with Crippen LogP contribution in [0.2, 0.25) is 0 Å². The van der Waals surface area contributed by atoms with Gasteiger partial charge in [-0.25, -0.2) is 0 Å². The molecule has 7 heteroatoms. The standard InChI is InChI=1S/C15H9BrN2O3S/c16-10-1-3-11(4-2-10)17-15(19)14-8-9-7-12(18(20)21)5-6-13(9)22-14/h1-8H,(H,17,19). The zero-order chi connectivity index (χ0) is 15.7. The predicted octanol–water partition coefficient (Wildman–Crippen LogP) is 4.82. The number of amides is 1. The lowest BCUT2D eigenvalue weighted by Gasteiger charge is -2.02. The van der Waals surface area contributed by atoms with Gasteiger partial charge in [0.2, 0.25) is 0 Å². The molecule has 0 fully saturated rings. The van der Waals surface area contributed by atoms with Gasteiger partial charge in [0.1, 0.15) is 0 Å². The van der Waals surface area contributed by atoms with Crippen LogP contribution in [0.5, 0.6) is 0 Å². The Balaban J connectivity index is 1.87. The number of rotatable bonds is 3. The molecule has 1 aromatic heterocycles. The van der Waals surface area contributed by atoms with E-state index in [1.165, 1.54) is 23.5 Å². The molecule has 0 radical (unpaired) electrons. The predicted molar refractivity (Wildman–Crippen MR) is 90.6 cm³/mol. The van der Waals surface area contributed by atoms with E-state index in [4.69, 9.17) is 0 Å². The third kappa shape index (κ3) is 3.00. The van der Waals surface area contributed by atoms with Crippen molar-refractivity contribution in [3.63, 3.8) is 0 Å². The van der Waals surface area contributed by atoms with E-state index in [0.29, 0.717) is 16.0 Å². The van der Waals surface area contributed by atoms with Gasteiger partial charge in [0.25, 0.3) is 11.6 Å². The highest BCUT2D eigenvalue weighted by Gasteiger charge is 2.13. The number of hydrogen-bond acceptors (Lipinski definition) is 4. The summed E-state index contributed by atoms with van der Waals surface area (Å²) in [5.74, 6) is -0.230. The summed E-state index contributed by atoms with van der Waals surface area (Å²) in [6.07, 6.45) is 0. The van der Waals surface area contributed by atoms with Gasteiger partial charge in [-0.3, -0.25) is 14.9 Å². The molecule has 1 N–H and O–H groups in total. The van der Waals surface area contributed by atoms with E-state index >= 15 is 0 Å². The van der Waals surface area contributed by atoms with Crippen LogP contribution in [0.4, 0.5) is 11.4 Å². The Bertz CT molecular complexity index is 874. The molecular formula is C15H9BrN2O3S. The van der Waals surface area contributed by atoms with Crippen molar-refractivity contribution in [2.45, 2.75) is 0 Å². The van der Waals surface area contributed by atoms with Crippen molar-refractivity contribution in [3.05, 3.63) is 68.0 Å². The lowest BCUT2D eigenvalue weighted by molar-refractivity contribution is -0.384. The van der Waals surface area contributed by atoms with Crippen LogP contribution in [0.1, 0.15) is 9.67 Å². The van der Waals surface area contributed by atoms with Crippen molar-refractivity contribution in [1.29, 1.82) is 0 Å². The van der Waals surface area contributed by atoms with E-state index in [-0.39, 0.29) is 11.6 Å². The topological polar surface area (TPSA) is 72.2 Å². The molecule has 0 bridgehead atoms. The Morgan fingerprint density at radius 3 is 2.55 bits per heavy atom. The lowest BCUT2D eigenvalue weighted by Crippen LogP contribution is -2.09. The van der Waals surface area contributed by atoms with Gasteiger partial charge in [0.15, 0.2) is 0 Å². The van der Waals surface area contributed by atoms with Crippen LogP contribution in [-0.2, 0) is 0 Å². The van der Waals surface area contributed by atoms with E-state index in [0.717, 1.165) is 9.17 Å². The first-order chi connectivity index (χ1) is 10.5. The molecule has 0 aliphatic carbocycles. The number of carbonyl (C=O) groups excluding carboxylic acids is 1. The van der Waals surface area contributed by atoms with Crippen LogP contribution < -0.4 is 5.32 Å². The molecule has 3 rings (SSSR count). The second-order valence-electron chi connectivity index (χ2n) is 4.55. The number of anilines is 1. The highest BCUT2D eigenvalue weighted by atomic mass is 79.9. The lowest BCUT2D eigenvalue weighted by atomic mass is 10.2. The molecule has 1 heterocycles. The molecule has 1 amide bonds. The molecule has 0 unspecified atom stereocenters. The van der Waals surface area contributed by atoms with Gasteiger partial charge in [-0.1, -0.05) is 15.9 Å². The Hall–Kier alpha value is -2.25. The SMILES string of the molecule is O=C(Nc1ccc(Br)cc1)c1cc2cc([N+](=O)[O-])ccc2s1. The van der Waals surface area contributed by atoms with E-state index in [1.807, 2.05) is 12.1 Å². The summed E-state index contributed by atoms with van der Waals surface area (Å²) in [6.45, 7) is 0. The summed E-state index contributed by atoms with van der Waals surface area (Å²) in [6, 6.07) is 13.5. The zero-order valence-corrected chi connectivity index (χ0v) is 13.5. The minimum atomic E-state index is -0.446. The number of carbonyl (C=O) groups is 1. The minimum Gasteiger partial charge on any atom is -0.321 e. The largest absolute Gasteiger partial charge is 0.321 e. The molecule has 0 saturated heterocycles. The molecule has 110 valence electrons. The highest BCUT2D eigenvalue weighted by molar-refractivity contribution is 9.10. The summed E-state index contributed by atoms with van der Waals surface area (Å²) in [5.41, 5.74) is 0.710. The van der Waals surface area contributed by atoms with Crippen LogP contribution in [0.3, 0.4) is 0 Å². The van der Waals surface area contributed by atoms with Gasteiger partial charge >= 0.3 is 0 Å². The molecule has 0 aliphatic rings. The molecule has 5 nitrogen and oxygen atoms in total. The summed E-state index contributed by atoms with van der Waals surface area (Å²) < 4.78 is 1.77.